The van der Waals surface area contributed by atoms with Crippen LogP contribution < -0.4 is 21.9 Å². The van der Waals surface area contributed by atoms with Crippen LogP contribution in [0.3, 0.4) is 0 Å². The van der Waals surface area contributed by atoms with Crippen molar-refractivity contribution in [2.45, 2.75) is 25.6 Å². The fourth-order valence-electron chi connectivity index (χ4n) is 2.73. The first-order valence-electron chi connectivity index (χ1n) is 8.36. The van der Waals surface area contributed by atoms with E-state index in [1.807, 2.05) is 17.1 Å². The molecule has 1 fully saturated rings. The highest BCUT2D eigenvalue weighted by Gasteiger charge is 2.30. The number of nitrogens with one attached hydrogen (secondary N) is 1. The summed E-state index contributed by atoms with van der Waals surface area (Å²) >= 11 is 0. The van der Waals surface area contributed by atoms with Gasteiger partial charge < -0.3 is 21.4 Å². The molecule has 0 saturated carbocycles. The molecule has 0 radical (unpaired) electrons. The third-order valence-electron chi connectivity index (χ3n) is 4.12. The third kappa shape index (κ3) is 5.58. The van der Waals surface area contributed by atoms with E-state index in [9.17, 15) is 22.8 Å². The number of anilines is 1. The van der Waals surface area contributed by atoms with Gasteiger partial charge in [-0.05, 0) is 36.6 Å². The number of carbonyl (C=O) groups is 1. The molecule has 1 aromatic carbocycles. The summed E-state index contributed by atoms with van der Waals surface area (Å²) in [6.07, 6.45) is -1.39. The zero-order valence-corrected chi connectivity index (χ0v) is 14.6. The van der Waals surface area contributed by atoms with Gasteiger partial charge >= 0.3 is 6.18 Å². The highest BCUT2D eigenvalue weighted by Crippen LogP contribution is 2.27. The maximum atomic E-state index is 11.8. The van der Waals surface area contributed by atoms with Gasteiger partial charge in [0.15, 0.2) is 0 Å². The number of nitrogens with two attached hydrogens (primary N) is 2. The van der Waals surface area contributed by atoms with Crippen molar-refractivity contribution in [2.75, 3.05) is 18.0 Å². The molecule has 6 nitrogen and oxygen atoms in total. The highest BCUT2D eigenvalue weighted by atomic mass is 19.4. The Bertz CT molecular complexity index is 823. The second-order valence-corrected chi connectivity index (χ2v) is 6.05. The van der Waals surface area contributed by atoms with E-state index in [4.69, 9.17) is 11.5 Å². The Morgan fingerprint density at radius 1 is 1.15 bits per heavy atom. The van der Waals surface area contributed by atoms with E-state index in [0.29, 0.717) is 18.3 Å². The first-order valence-corrected chi connectivity index (χ1v) is 8.36. The quantitative estimate of drug-likeness (QED) is 0.757. The number of rotatable bonds is 3. The second-order valence-electron chi connectivity index (χ2n) is 6.05. The molecule has 27 heavy (non-hydrogen) atoms. The standard InChI is InChI=1S/C12H17N3O.C6H4F3NO/c13-8-9-3-4-11(10(7-9)12(14)16)15-5-1-2-6-15;7-6(8,9)4-1-2-5(11)10-3-4/h3-4,7H,1-2,5-6,8,13H2,(H2,14,16);1-3H,(H,10,11). The van der Waals surface area contributed by atoms with Crippen molar-refractivity contribution in [1.29, 1.82) is 0 Å². The van der Waals surface area contributed by atoms with Gasteiger partial charge in [-0.3, -0.25) is 9.59 Å². The maximum absolute atomic E-state index is 11.8. The lowest BCUT2D eigenvalue weighted by Crippen LogP contribution is -2.23. The van der Waals surface area contributed by atoms with Crippen LogP contribution in [-0.2, 0) is 12.7 Å². The van der Waals surface area contributed by atoms with Crippen molar-refractivity contribution in [2.24, 2.45) is 11.5 Å². The Balaban J connectivity index is 0.000000208. The van der Waals surface area contributed by atoms with E-state index in [2.05, 4.69) is 4.90 Å². The minimum Gasteiger partial charge on any atom is -0.371 e. The minimum absolute atomic E-state index is 0.378. The summed E-state index contributed by atoms with van der Waals surface area (Å²) in [6, 6.07) is 7.28. The Kier molecular flexibility index (Phi) is 6.62. The number of nitrogens with zero attached hydrogens (tertiary/aromatic N) is 1. The zero-order chi connectivity index (χ0) is 20.0. The summed E-state index contributed by atoms with van der Waals surface area (Å²) in [5, 5.41) is 0. The van der Waals surface area contributed by atoms with E-state index in [1.54, 1.807) is 6.07 Å². The van der Waals surface area contributed by atoms with Gasteiger partial charge in [-0.25, -0.2) is 0 Å². The van der Waals surface area contributed by atoms with Crippen LogP contribution in [0.15, 0.2) is 41.3 Å². The maximum Gasteiger partial charge on any atom is 0.417 e. The van der Waals surface area contributed by atoms with E-state index in [1.165, 1.54) is 12.8 Å². The average molecular weight is 382 g/mol. The number of aromatic nitrogens is 1. The van der Waals surface area contributed by atoms with Crippen molar-refractivity contribution < 1.29 is 18.0 Å². The molecule has 0 aliphatic carbocycles. The molecule has 3 rings (SSSR count). The van der Waals surface area contributed by atoms with Crippen LogP contribution in [0.25, 0.3) is 0 Å². The molecule has 1 amide bonds. The van der Waals surface area contributed by atoms with Gasteiger partial charge in [0.05, 0.1) is 11.1 Å². The molecule has 2 heterocycles. The number of halogens is 3. The molecule has 0 atom stereocenters. The van der Waals surface area contributed by atoms with Crippen LogP contribution in [0.2, 0.25) is 0 Å². The lowest BCUT2D eigenvalue weighted by molar-refractivity contribution is -0.137. The molecule has 1 aliphatic rings. The molecule has 0 bridgehead atoms. The van der Waals surface area contributed by atoms with E-state index >= 15 is 0 Å². The topological polar surface area (TPSA) is 105 Å². The number of H-pyrrole nitrogens is 1. The Hall–Kier alpha value is -2.81. The number of amides is 1. The molecule has 1 saturated heterocycles. The van der Waals surface area contributed by atoms with Crippen LogP contribution in [0.4, 0.5) is 18.9 Å². The van der Waals surface area contributed by atoms with Gasteiger partial charge in [-0.15, -0.1) is 0 Å². The predicted molar refractivity (Wildman–Crippen MR) is 96.4 cm³/mol. The molecular weight excluding hydrogens is 361 g/mol. The Morgan fingerprint density at radius 3 is 2.30 bits per heavy atom. The van der Waals surface area contributed by atoms with Crippen molar-refractivity contribution >= 4 is 11.6 Å². The molecule has 146 valence electrons. The van der Waals surface area contributed by atoms with Crippen molar-refractivity contribution in [3.05, 3.63) is 63.6 Å². The smallest absolute Gasteiger partial charge is 0.371 e. The Morgan fingerprint density at radius 2 is 1.81 bits per heavy atom. The number of hydrogen-bond donors (Lipinski definition) is 3. The number of pyridine rings is 1. The van der Waals surface area contributed by atoms with Crippen molar-refractivity contribution in [3.63, 3.8) is 0 Å². The van der Waals surface area contributed by atoms with Crippen LogP contribution in [0.1, 0.15) is 34.3 Å². The molecule has 2 aromatic rings. The molecule has 1 aromatic heterocycles. The van der Waals surface area contributed by atoms with Gasteiger partial charge in [0.1, 0.15) is 0 Å². The van der Waals surface area contributed by atoms with Gasteiger partial charge in [0, 0.05) is 37.6 Å². The molecule has 0 unspecified atom stereocenters. The third-order valence-corrected chi connectivity index (χ3v) is 4.12. The first-order chi connectivity index (χ1) is 12.7. The number of hydrogen-bond acceptors (Lipinski definition) is 4. The zero-order valence-electron chi connectivity index (χ0n) is 14.6. The van der Waals surface area contributed by atoms with Crippen LogP contribution >= 0.6 is 0 Å². The molecule has 9 heteroatoms. The van der Waals surface area contributed by atoms with Gasteiger partial charge in [-0.1, -0.05) is 6.07 Å². The summed E-state index contributed by atoms with van der Waals surface area (Å²) in [6.45, 7) is 2.44. The van der Waals surface area contributed by atoms with Gasteiger partial charge in [-0.2, -0.15) is 13.2 Å². The first kappa shape index (κ1) is 20.5. The van der Waals surface area contributed by atoms with Crippen LogP contribution in [0, 0.1) is 0 Å². The van der Waals surface area contributed by atoms with Crippen LogP contribution in [-0.4, -0.2) is 24.0 Å². The fourth-order valence-corrected chi connectivity index (χ4v) is 2.73. The van der Waals surface area contributed by atoms with Crippen molar-refractivity contribution in [1.82, 2.24) is 4.98 Å². The lowest BCUT2D eigenvalue weighted by atomic mass is 10.1. The number of carbonyl (C=O) groups excluding carboxylic acids is 1. The average Bonchev–Trinajstić information content (AvgIpc) is 3.15. The number of primary amides is 1. The van der Waals surface area contributed by atoms with E-state index in [0.717, 1.165) is 36.5 Å². The number of alkyl halides is 3. The van der Waals surface area contributed by atoms with Crippen molar-refractivity contribution in [3.8, 4) is 0 Å². The molecule has 1 aliphatic heterocycles. The monoisotopic (exact) mass is 382 g/mol. The normalized spacial score (nSPS) is 13.9. The predicted octanol–water partition coefficient (Wildman–Crippen LogP) is 2.24. The largest absolute Gasteiger partial charge is 0.417 e. The molecular formula is C18H21F3N4O2. The summed E-state index contributed by atoms with van der Waals surface area (Å²) in [7, 11) is 0. The Labute approximate surface area is 154 Å². The molecule has 5 N–H and O–H groups in total. The number of benzene rings is 1. The lowest BCUT2D eigenvalue weighted by Gasteiger charge is -2.20. The van der Waals surface area contributed by atoms with E-state index < -0.39 is 17.3 Å². The number of aromatic amines is 1. The second kappa shape index (κ2) is 8.72. The summed E-state index contributed by atoms with van der Waals surface area (Å²) < 4.78 is 35.4. The van der Waals surface area contributed by atoms with E-state index in [-0.39, 0.29) is 5.91 Å². The SMILES string of the molecule is NCc1ccc(N2CCCC2)c(C(N)=O)c1.O=c1ccc(C(F)(F)F)c[nH]1. The van der Waals surface area contributed by atoms with Crippen LogP contribution in [0.5, 0.6) is 0 Å². The van der Waals surface area contributed by atoms with Gasteiger partial charge in [0.2, 0.25) is 5.56 Å². The summed E-state index contributed by atoms with van der Waals surface area (Å²) in [4.78, 5) is 25.9. The summed E-state index contributed by atoms with van der Waals surface area (Å²) in [5.74, 6) is -0.378. The summed E-state index contributed by atoms with van der Waals surface area (Å²) in [5.41, 5.74) is 12.0. The molecule has 0 spiro atoms. The highest BCUT2D eigenvalue weighted by molar-refractivity contribution is 5.99. The van der Waals surface area contributed by atoms with Gasteiger partial charge in [0.25, 0.3) is 5.91 Å². The minimum atomic E-state index is -4.38. The fraction of sp³-hybridized carbons (Fsp3) is 0.333.